The zero-order valence-corrected chi connectivity index (χ0v) is 28.4. The van der Waals surface area contributed by atoms with Gasteiger partial charge in [-0.05, 0) is 104 Å². The summed E-state index contributed by atoms with van der Waals surface area (Å²) in [7, 11) is -1.01. The van der Waals surface area contributed by atoms with Gasteiger partial charge in [-0.25, -0.2) is 13.1 Å². The topological polar surface area (TPSA) is 111 Å². The second-order valence-corrected chi connectivity index (χ2v) is 15.2. The molecule has 1 saturated carbocycles. The SMILES string of the molecule is COCC[C@@H]1[C@@H](C)C/C=C/[C@@](C=O)(OC)[C@@H]2CC[C@H]2CN2CCCCc3cc(Cl)ccc3COc3ccc(cc32)C(=O)NS1(=O)=O. The van der Waals surface area contributed by atoms with Gasteiger partial charge in [0.2, 0.25) is 10.0 Å². The molecule has 9 nitrogen and oxygen atoms in total. The number of nitrogens with one attached hydrogen (secondary N) is 1. The van der Waals surface area contributed by atoms with E-state index in [1.807, 2.05) is 37.3 Å². The second-order valence-electron chi connectivity index (χ2n) is 12.8. The van der Waals surface area contributed by atoms with E-state index in [0.717, 1.165) is 49.5 Å². The molecule has 2 aromatic carbocycles. The molecule has 0 unspecified atom stereocenters. The molecule has 5 rings (SSSR count). The fourth-order valence-electron chi connectivity index (χ4n) is 7.12. The molecule has 250 valence electrons. The van der Waals surface area contributed by atoms with Gasteiger partial charge in [-0.2, -0.15) is 0 Å². The number of fused-ring (bicyclic) bond motifs is 3. The van der Waals surface area contributed by atoms with Gasteiger partial charge in [-0.15, -0.1) is 0 Å². The fourth-order valence-corrected chi connectivity index (χ4v) is 8.98. The van der Waals surface area contributed by atoms with E-state index < -0.39 is 26.8 Å². The molecule has 2 bridgehead atoms. The Labute approximate surface area is 277 Å². The van der Waals surface area contributed by atoms with E-state index >= 15 is 0 Å². The monoisotopic (exact) mass is 672 g/mol. The molecule has 2 aliphatic heterocycles. The number of halogens is 1. The molecule has 3 aliphatic rings. The van der Waals surface area contributed by atoms with Crippen molar-refractivity contribution >= 4 is 39.5 Å². The van der Waals surface area contributed by atoms with Crippen molar-refractivity contribution in [3.63, 3.8) is 0 Å². The van der Waals surface area contributed by atoms with E-state index in [1.54, 1.807) is 25.3 Å². The van der Waals surface area contributed by atoms with E-state index in [9.17, 15) is 18.0 Å². The van der Waals surface area contributed by atoms with Crippen LogP contribution in [0.25, 0.3) is 0 Å². The normalized spacial score (nSPS) is 29.0. The number of anilines is 1. The Hall–Kier alpha value is -2.92. The number of sulfonamides is 1. The third-order valence-electron chi connectivity index (χ3n) is 9.99. The van der Waals surface area contributed by atoms with E-state index in [-0.39, 0.29) is 36.3 Å². The zero-order valence-electron chi connectivity index (χ0n) is 26.9. The van der Waals surface area contributed by atoms with E-state index in [0.29, 0.717) is 42.6 Å². The van der Waals surface area contributed by atoms with Crippen LogP contribution in [0.1, 0.15) is 66.9 Å². The van der Waals surface area contributed by atoms with Gasteiger partial charge < -0.3 is 19.1 Å². The van der Waals surface area contributed by atoms with Crippen molar-refractivity contribution < 1.29 is 32.2 Å². The molecular weight excluding hydrogens is 628 g/mol. The van der Waals surface area contributed by atoms with Crippen LogP contribution in [0.15, 0.2) is 48.6 Å². The molecule has 46 heavy (non-hydrogen) atoms. The van der Waals surface area contributed by atoms with Crippen LogP contribution < -0.4 is 14.4 Å². The Kier molecular flexibility index (Phi) is 11.1. The number of aryl methyl sites for hydroxylation is 1. The highest BCUT2D eigenvalue weighted by atomic mass is 35.5. The van der Waals surface area contributed by atoms with Crippen LogP contribution in [-0.2, 0) is 37.3 Å². The summed E-state index contributed by atoms with van der Waals surface area (Å²) in [6.45, 7) is 3.69. The quantitative estimate of drug-likeness (QED) is 0.317. The fraction of sp³-hybridized carbons (Fsp3) is 0.543. The first kappa shape index (κ1) is 34.4. The molecule has 1 aliphatic carbocycles. The lowest BCUT2D eigenvalue weighted by atomic mass is 9.64. The summed E-state index contributed by atoms with van der Waals surface area (Å²) < 4.78 is 47.3. The number of amides is 1. The minimum Gasteiger partial charge on any atom is -0.487 e. The summed E-state index contributed by atoms with van der Waals surface area (Å²) in [5.41, 5.74) is 2.02. The van der Waals surface area contributed by atoms with Gasteiger partial charge in [0.25, 0.3) is 5.91 Å². The third kappa shape index (κ3) is 7.46. The van der Waals surface area contributed by atoms with Gasteiger partial charge in [-0.3, -0.25) is 9.59 Å². The van der Waals surface area contributed by atoms with Crippen LogP contribution in [0.5, 0.6) is 5.75 Å². The number of benzene rings is 2. The standard InChI is InChI=1S/C35H45ClN2O7S/c1-24-7-6-16-35(23-39,44-3)30-13-10-27(30)21-38-17-5-4-8-25-19-29(36)12-9-28(25)22-45-32-14-11-26(20-31(32)38)34(40)37-46(41,42)33(24)15-18-43-2/h6,9,11-12,14,16,19-20,23-24,27,30,33H,4-5,7-8,10,13,15,17-18,21-22H2,1-3H3,(H,37,40)/b16-6+/t24-,27-,30+,33+,35-/m0/s1. The number of methoxy groups -OCH3 is 2. The molecule has 1 amide bonds. The number of aldehydes is 1. The smallest absolute Gasteiger partial charge is 0.264 e. The lowest BCUT2D eigenvalue weighted by Crippen LogP contribution is -2.52. The number of carbonyl (C=O) groups excluding carboxylic acids is 2. The molecule has 2 aromatic rings. The van der Waals surface area contributed by atoms with Crippen LogP contribution in [0.3, 0.4) is 0 Å². The van der Waals surface area contributed by atoms with E-state index in [2.05, 4.69) is 9.62 Å². The van der Waals surface area contributed by atoms with E-state index in [4.69, 9.17) is 25.8 Å². The summed E-state index contributed by atoms with van der Waals surface area (Å²) in [5.74, 6) is -0.351. The highest BCUT2D eigenvalue weighted by molar-refractivity contribution is 7.90. The molecule has 0 spiro atoms. The van der Waals surface area contributed by atoms with Crippen LogP contribution in [0.4, 0.5) is 5.69 Å². The van der Waals surface area contributed by atoms with Crippen molar-refractivity contribution in [2.45, 2.75) is 69.3 Å². The van der Waals surface area contributed by atoms with Crippen molar-refractivity contribution in [1.29, 1.82) is 0 Å². The molecule has 0 radical (unpaired) electrons. The molecule has 1 N–H and O–H groups in total. The van der Waals surface area contributed by atoms with Crippen LogP contribution >= 0.6 is 11.6 Å². The van der Waals surface area contributed by atoms with Crippen LogP contribution in [0, 0.1) is 17.8 Å². The Morgan fingerprint density at radius 1 is 1.13 bits per heavy atom. The van der Waals surface area contributed by atoms with Gasteiger partial charge in [0.05, 0.1) is 10.9 Å². The lowest BCUT2D eigenvalue weighted by molar-refractivity contribution is -0.135. The minimum atomic E-state index is -4.09. The van der Waals surface area contributed by atoms with Crippen molar-refractivity contribution in [1.82, 2.24) is 4.72 Å². The van der Waals surface area contributed by atoms with Gasteiger partial charge in [0, 0.05) is 50.4 Å². The van der Waals surface area contributed by atoms with Gasteiger partial charge in [-0.1, -0.05) is 30.7 Å². The molecular formula is C35H45ClN2O7S. The van der Waals surface area contributed by atoms with Crippen LogP contribution in [0.2, 0.25) is 5.02 Å². The Bertz CT molecular complexity index is 1550. The summed E-state index contributed by atoms with van der Waals surface area (Å²) in [6.07, 6.45) is 9.55. The minimum absolute atomic E-state index is 0.0529. The van der Waals surface area contributed by atoms with Crippen molar-refractivity contribution in [2.24, 2.45) is 17.8 Å². The number of hydrogen-bond acceptors (Lipinski definition) is 8. The first-order valence-electron chi connectivity index (χ1n) is 16.1. The maximum atomic E-state index is 13.7. The van der Waals surface area contributed by atoms with Gasteiger partial charge in [0.15, 0.2) is 6.29 Å². The van der Waals surface area contributed by atoms with Crippen molar-refractivity contribution in [2.75, 3.05) is 38.8 Å². The molecule has 5 atom stereocenters. The largest absolute Gasteiger partial charge is 0.487 e. The Morgan fingerprint density at radius 3 is 2.67 bits per heavy atom. The number of hydrogen-bond donors (Lipinski definition) is 1. The number of allylic oxidation sites excluding steroid dienone is 1. The number of rotatable bonds is 5. The zero-order chi connectivity index (χ0) is 32.9. The maximum Gasteiger partial charge on any atom is 0.264 e. The van der Waals surface area contributed by atoms with Crippen molar-refractivity contribution in [3.8, 4) is 5.75 Å². The average Bonchev–Trinajstić information content (AvgIpc) is 3.05. The molecule has 0 aromatic heterocycles. The molecule has 0 saturated heterocycles. The van der Waals surface area contributed by atoms with Gasteiger partial charge >= 0.3 is 0 Å². The maximum absolute atomic E-state index is 13.7. The molecule has 2 heterocycles. The predicted octanol–water partition coefficient (Wildman–Crippen LogP) is 5.73. The highest BCUT2D eigenvalue weighted by Crippen LogP contribution is 2.45. The second kappa shape index (κ2) is 14.9. The summed E-state index contributed by atoms with van der Waals surface area (Å²) in [4.78, 5) is 28.5. The summed E-state index contributed by atoms with van der Waals surface area (Å²) in [5, 5.41) is -0.210. The number of ether oxygens (including phenoxy) is 3. The van der Waals surface area contributed by atoms with Crippen molar-refractivity contribution in [3.05, 3.63) is 70.3 Å². The van der Waals surface area contributed by atoms with E-state index in [1.165, 1.54) is 7.11 Å². The molecule has 1 fully saturated rings. The summed E-state index contributed by atoms with van der Waals surface area (Å²) >= 11 is 6.33. The predicted molar refractivity (Wildman–Crippen MR) is 179 cm³/mol. The highest BCUT2D eigenvalue weighted by Gasteiger charge is 2.47. The number of nitrogens with zero attached hydrogens (tertiary/aromatic N) is 1. The Morgan fingerprint density at radius 2 is 1.96 bits per heavy atom. The molecule has 11 heteroatoms. The third-order valence-corrected chi connectivity index (χ3v) is 12.2. The lowest BCUT2D eigenvalue weighted by Gasteiger charge is -2.47. The summed E-state index contributed by atoms with van der Waals surface area (Å²) in [6, 6.07) is 10.9. The first-order chi connectivity index (χ1) is 22.1. The average molecular weight is 673 g/mol. The Balaban J connectivity index is 1.59. The number of carbonyl (C=O) groups is 2. The van der Waals surface area contributed by atoms with Crippen LogP contribution in [-0.4, -0.2) is 65.4 Å². The van der Waals surface area contributed by atoms with Gasteiger partial charge in [0.1, 0.15) is 18.0 Å². The first-order valence-corrected chi connectivity index (χ1v) is 18.1.